The number of ether oxygens (including phenoxy) is 3. The molecule has 0 bridgehead atoms. The molecule has 1 atom stereocenters. The maximum Gasteiger partial charge on any atom is 0.253 e. The molecule has 5 nitrogen and oxygen atoms in total. The summed E-state index contributed by atoms with van der Waals surface area (Å²) < 4.78 is 15.5. The van der Waals surface area contributed by atoms with Crippen LogP contribution in [0, 0.1) is 0 Å². The van der Waals surface area contributed by atoms with Gasteiger partial charge in [-0.3, -0.25) is 4.79 Å². The van der Waals surface area contributed by atoms with Gasteiger partial charge in [-0.15, -0.1) is 0 Å². The molecule has 1 amide bonds. The fourth-order valence-corrected chi connectivity index (χ4v) is 2.22. The molecule has 118 valence electrons. The van der Waals surface area contributed by atoms with Crippen molar-refractivity contribution in [3.63, 3.8) is 0 Å². The van der Waals surface area contributed by atoms with Gasteiger partial charge in [0.25, 0.3) is 5.91 Å². The Balaban J connectivity index is 2.58. The summed E-state index contributed by atoms with van der Waals surface area (Å²) in [6, 6.07) is 3.13. The monoisotopic (exact) mass is 335 g/mol. The number of hydrogen-bond acceptors (Lipinski definition) is 4. The Kier molecular flexibility index (Phi) is 7.82. The molecule has 1 N–H and O–H groups in total. The number of amides is 1. The second-order valence-electron chi connectivity index (χ2n) is 4.17. The molecule has 0 saturated carbocycles. The van der Waals surface area contributed by atoms with Crippen molar-refractivity contribution >= 4 is 34.8 Å². The van der Waals surface area contributed by atoms with Crippen LogP contribution in [0.3, 0.4) is 0 Å². The highest BCUT2D eigenvalue weighted by Gasteiger charge is 2.15. The maximum absolute atomic E-state index is 12.0. The first-order chi connectivity index (χ1) is 9.99. The van der Waals surface area contributed by atoms with E-state index in [2.05, 4.69) is 5.32 Å². The zero-order valence-corrected chi connectivity index (χ0v) is 13.8. The highest BCUT2D eigenvalue weighted by atomic mass is 35.5. The summed E-state index contributed by atoms with van der Waals surface area (Å²) in [6.07, 6.45) is -0.606. The van der Waals surface area contributed by atoms with E-state index < -0.39 is 6.10 Å². The van der Waals surface area contributed by atoms with Gasteiger partial charge in [-0.05, 0) is 26.0 Å². The molecule has 1 aromatic rings. The molecule has 0 radical (unpaired) electrons. The van der Waals surface area contributed by atoms with E-state index in [0.717, 1.165) is 0 Å². The minimum Gasteiger partial charge on any atom is -0.494 e. The van der Waals surface area contributed by atoms with Gasteiger partial charge in [0.1, 0.15) is 6.10 Å². The predicted molar refractivity (Wildman–Crippen MR) is 83.6 cm³/mol. The molecule has 0 unspecified atom stereocenters. The molecule has 0 aliphatic rings. The third-order valence-electron chi connectivity index (χ3n) is 2.64. The van der Waals surface area contributed by atoms with Crippen molar-refractivity contribution in [2.45, 2.75) is 20.0 Å². The molecule has 0 heterocycles. The van der Waals surface area contributed by atoms with Crippen molar-refractivity contribution in [2.75, 3.05) is 32.2 Å². The third kappa shape index (κ3) is 5.71. The second kappa shape index (κ2) is 9.10. The summed E-state index contributed by atoms with van der Waals surface area (Å²) in [5, 5.41) is 3.33. The van der Waals surface area contributed by atoms with E-state index in [1.54, 1.807) is 19.1 Å². The van der Waals surface area contributed by atoms with E-state index in [9.17, 15) is 4.79 Å². The number of anilines is 1. The van der Waals surface area contributed by atoms with Gasteiger partial charge in [0.05, 0.1) is 30.4 Å². The van der Waals surface area contributed by atoms with Crippen LogP contribution in [-0.4, -0.2) is 38.9 Å². The lowest BCUT2D eigenvalue weighted by Gasteiger charge is -2.14. The summed E-state index contributed by atoms with van der Waals surface area (Å²) in [7, 11) is 1.47. The molecule has 0 spiro atoms. The average molecular weight is 336 g/mol. The highest BCUT2D eigenvalue weighted by Crippen LogP contribution is 2.35. The van der Waals surface area contributed by atoms with E-state index in [4.69, 9.17) is 37.4 Å². The summed E-state index contributed by atoms with van der Waals surface area (Å²) >= 11 is 12.0. The fourth-order valence-electron chi connectivity index (χ4n) is 1.57. The molecule has 0 aliphatic carbocycles. The minimum atomic E-state index is -0.606. The van der Waals surface area contributed by atoms with Crippen LogP contribution in [0.25, 0.3) is 0 Å². The quantitative estimate of drug-likeness (QED) is 0.740. The normalized spacial score (nSPS) is 12.0. The number of methoxy groups -OCH3 is 1. The first kappa shape index (κ1) is 18.0. The van der Waals surface area contributed by atoms with Crippen molar-refractivity contribution in [1.82, 2.24) is 0 Å². The van der Waals surface area contributed by atoms with Crippen molar-refractivity contribution in [3.05, 3.63) is 22.2 Å². The van der Waals surface area contributed by atoms with Crippen LogP contribution in [0.5, 0.6) is 5.75 Å². The smallest absolute Gasteiger partial charge is 0.253 e. The molecule has 0 fully saturated rings. The molecule has 0 saturated heterocycles. The summed E-state index contributed by atoms with van der Waals surface area (Å²) in [5.74, 6) is 0.0844. The van der Waals surface area contributed by atoms with Gasteiger partial charge in [0.2, 0.25) is 0 Å². The van der Waals surface area contributed by atoms with E-state index in [1.165, 1.54) is 7.11 Å². The molecule has 1 rings (SSSR count). The van der Waals surface area contributed by atoms with E-state index in [1.807, 2.05) is 6.92 Å². The SMILES string of the molecule is CCOCCO[C@H](C)C(=O)Nc1cc(Cl)c(OC)c(Cl)c1. The lowest BCUT2D eigenvalue weighted by Crippen LogP contribution is -2.28. The minimum absolute atomic E-state index is 0.288. The fraction of sp³-hybridized carbons (Fsp3) is 0.500. The van der Waals surface area contributed by atoms with Crippen LogP contribution in [0.4, 0.5) is 5.69 Å². The standard InChI is InChI=1S/C14H19Cl2NO4/c1-4-20-5-6-21-9(2)14(18)17-10-7-11(15)13(19-3)12(16)8-10/h7-9H,4-6H2,1-3H3,(H,17,18)/t9-/m1/s1. The van der Waals surface area contributed by atoms with Crippen molar-refractivity contribution in [3.8, 4) is 5.75 Å². The number of nitrogens with one attached hydrogen (secondary N) is 1. The Morgan fingerprint density at radius 1 is 1.29 bits per heavy atom. The number of carbonyl (C=O) groups excluding carboxylic acids is 1. The lowest BCUT2D eigenvalue weighted by molar-refractivity contribution is -0.127. The van der Waals surface area contributed by atoms with Gasteiger partial charge in [-0.1, -0.05) is 23.2 Å². The van der Waals surface area contributed by atoms with Crippen molar-refractivity contribution in [2.24, 2.45) is 0 Å². The first-order valence-electron chi connectivity index (χ1n) is 6.52. The molecule has 21 heavy (non-hydrogen) atoms. The Labute approximate surface area is 134 Å². The first-order valence-corrected chi connectivity index (χ1v) is 7.28. The van der Waals surface area contributed by atoms with Gasteiger partial charge >= 0.3 is 0 Å². The molecule has 7 heteroatoms. The summed E-state index contributed by atoms with van der Waals surface area (Å²) in [6.45, 7) is 4.98. The maximum atomic E-state index is 12.0. The van der Waals surface area contributed by atoms with Gasteiger partial charge in [0.15, 0.2) is 5.75 Å². The second-order valence-corrected chi connectivity index (χ2v) is 4.99. The van der Waals surface area contributed by atoms with Crippen LogP contribution in [0.2, 0.25) is 10.0 Å². The highest BCUT2D eigenvalue weighted by molar-refractivity contribution is 6.37. The molecule has 1 aromatic carbocycles. The van der Waals surface area contributed by atoms with Gasteiger partial charge in [-0.25, -0.2) is 0 Å². The van der Waals surface area contributed by atoms with Gasteiger partial charge in [0, 0.05) is 12.3 Å². The van der Waals surface area contributed by atoms with E-state index in [-0.39, 0.29) is 5.91 Å². The molecule has 0 aromatic heterocycles. The Hall–Kier alpha value is -1.01. The van der Waals surface area contributed by atoms with Crippen LogP contribution in [-0.2, 0) is 14.3 Å². The van der Waals surface area contributed by atoms with Crippen LogP contribution < -0.4 is 10.1 Å². The number of halogens is 2. The van der Waals surface area contributed by atoms with Crippen molar-refractivity contribution < 1.29 is 19.0 Å². The van der Waals surface area contributed by atoms with Gasteiger partial charge in [-0.2, -0.15) is 0 Å². The van der Waals surface area contributed by atoms with Crippen LogP contribution in [0.1, 0.15) is 13.8 Å². The molecular weight excluding hydrogens is 317 g/mol. The lowest BCUT2D eigenvalue weighted by atomic mass is 10.2. The number of benzene rings is 1. The zero-order valence-electron chi connectivity index (χ0n) is 12.2. The largest absolute Gasteiger partial charge is 0.494 e. The molecule has 0 aliphatic heterocycles. The van der Waals surface area contributed by atoms with E-state index >= 15 is 0 Å². The predicted octanol–water partition coefficient (Wildman–Crippen LogP) is 3.38. The number of carbonyl (C=O) groups is 1. The average Bonchev–Trinajstić information content (AvgIpc) is 2.43. The van der Waals surface area contributed by atoms with Crippen LogP contribution in [0.15, 0.2) is 12.1 Å². The van der Waals surface area contributed by atoms with E-state index in [0.29, 0.717) is 41.3 Å². The summed E-state index contributed by atoms with van der Waals surface area (Å²) in [5.41, 5.74) is 0.482. The summed E-state index contributed by atoms with van der Waals surface area (Å²) in [4.78, 5) is 12.0. The third-order valence-corrected chi connectivity index (χ3v) is 3.20. The van der Waals surface area contributed by atoms with Gasteiger partial charge < -0.3 is 19.5 Å². The van der Waals surface area contributed by atoms with Crippen LogP contribution >= 0.6 is 23.2 Å². The van der Waals surface area contributed by atoms with Crippen molar-refractivity contribution in [1.29, 1.82) is 0 Å². The number of hydrogen-bond donors (Lipinski definition) is 1. The Bertz CT molecular complexity index is 459. The Morgan fingerprint density at radius 2 is 1.90 bits per heavy atom. The molecular formula is C14H19Cl2NO4. The number of rotatable bonds is 8. The Morgan fingerprint density at radius 3 is 2.43 bits per heavy atom. The zero-order chi connectivity index (χ0) is 15.8. The topological polar surface area (TPSA) is 56.8 Å².